The van der Waals surface area contributed by atoms with Gasteiger partial charge < -0.3 is 15.8 Å². The second-order valence-corrected chi connectivity index (χ2v) is 5.62. The van der Waals surface area contributed by atoms with Gasteiger partial charge in [0.05, 0.1) is 31.7 Å². The molecule has 3 N–H and O–H groups in total. The van der Waals surface area contributed by atoms with Crippen molar-refractivity contribution in [3.05, 3.63) is 32.9 Å². The summed E-state index contributed by atoms with van der Waals surface area (Å²) in [7, 11) is 1.15. The molecule has 1 aromatic rings. The Hall–Kier alpha value is -1.36. The zero-order chi connectivity index (χ0) is 16.9. The number of halogens is 4. The van der Waals surface area contributed by atoms with Gasteiger partial charge in [-0.15, -0.1) is 0 Å². The van der Waals surface area contributed by atoms with Crippen LogP contribution in [-0.4, -0.2) is 25.5 Å². The highest BCUT2D eigenvalue weighted by molar-refractivity contribution is 14.1. The molecule has 0 radical (unpaired) electrons. The van der Waals surface area contributed by atoms with Crippen molar-refractivity contribution in [2.24, 2.45) is 5.73 Å². The van der Waals surface area contributed by atoms with Gasteiger partial charge in [-0.2, -0.15) is 13.2 Å². The summed E-state index contributed by atoms with van der Waals surface area (Å²) in [4.78, 5) is 22.8. The van der Waals surface area contributed by atoms with E-state index in [1.165, 1.54) is 6.07 Å². The molecule has 22 heavy (non-hydrogen) atoms. The van der Waals surface area contributed by atoms with Crippen LogP contribution in [0.3, 0.4) is 0 Å². The van der Waals surface area contributed by atoms with Crippen molar-refractivity contribution in [1.82, 2.24) is 5.32 Å². The Balaban J connectivity index is 3.20. The van der Waals surface area contributed by atoms with Crippen LogP contribution in [0.15, 0.2) is 18.2 Å². The van der Waals surface area contributed by atoms with Gasteiger partial charge in [0.1, 0.15) is 0 Å². The largest absolute Gasteiger partial charge is 0.469 e. The molecule has 0 spiro atoms. The minimum absolute atomic E-state index is 0.159. The van der Waals surface area contributed by atoms with Crippen LogP contribution in [0.25, 0.3) is 0 Å². The van der Waals surface area contributed by atoms with Crippen LogP contribution < -0.4 is 11.1 Å². The molecule has 0 saturated heterocycles. The molecule has 0 bridgehead atoms. The van der Waals surface area contributed by atoms with Crippen LogP contribution in [0.5, 0.6) is 0 Å². The average Bonchev–Trinajstić information content (AvgIpc) is 2.44. The van der Waals surface area contributed by atoms with Crippen molar-refractivity contribution in [3.8, 4) is 0 Å². The molecule has 0 aliphatic rings. The topological polar surface area (TPSA) is 81.4 Å². The number of benzene rings is 1. The minimum Gasteiger partial charge on any atom is -0.469 e. The smallest absolute Gasteiger partial charge is 0.416 e. The van der Waals surface area contributed by atoms with Crippen molar-refractivity contribution in [1.29, 1.82) is 0 Å². The molecule has 0 aliphatic heterocycles. The average molecular weight is 430 g/mol. The van der Waals surface area contributed by atoms with Crippen LogP contribution >= 0.6 is 22.6 Å². The predicted octanol–water partition coefficient (Wildman–Crippen LogP) is 1.99. The first-order chi connectivity index (χ1) is 10.2. The molecule has 1 rings (SSSR count). The summed E-state index contributed by atoms with van der Waals surface area (Å²) in [6.45, 7) is -0.340. The molecular weight excluding hydrogens is 416 g/mol. The van der Waals surface area contributed by atoms with Crippen molar-refractivity contribution >= 4 is 34.5 Å². The third kappa shape index (κ3) is 5.44. The molecule has 122 valence electrons. The molecule has 1 atom stereocenters. The quantitative estimate of drug-likeness (QED) is 0.553. The van der Waals surface area contributed by atoms with E-state index in [-0.39, 0.29) is 18.5 Å². The van der Waals surface area contributed by atoms with Gasteiger partial charge in [0.2, 0.25) is 5.91 Å². The highest BCUT2D eigenvalue weighted by Crippen LogP contribution is 2.33. The van der Waals surface area contributed by atoms with E-state index in [1.54, 1.807) is 22.6 Å². The second kappa shape index (κ2) is 7.77. The molecule has 0 fully saturated rings. The normalized spacial score (nSPS) is 12.6. The Labute approximate surface area is 138 Å². The van der Waals surface area contributed by atoms with Gasteiger partial charge in [-0.3, -0.25) is 9.59 Å². The molecule has 0 aromatic heterocycles. The molecule has 1 amide bonds. The van der Waals surface area contributed by atoms with Crippen molar-refractivity contribution < 1.29 is 27.5 Å². The van der Waals surface area contributed by atoms with Gasteiger partial charge >= 0.3 is 12.1 Å². The zero-order valence-corrected chi connectivity index (χ0v) is 13.7. The number of alkyl halides is 3. The fraction of sp³-hybridized carbons (Fsp3) is 0.385. The number of esters is 1. The molecule has 0 heterocycles. The lowest BCUT2D eigenvalue weighted by Crippen LogP contribution is -2.35. The number of hydrogen-bond acceptors (Lipinski definition) is 4. The van der Waals surface area contributed by atoms with E-state index >= 15 is 0 Å². The summed E-state index contributed by atoms with van der Waals surface area (Å²) in [6.07, 6.45) is -4.82. The van der Waals surface area contributed by atoms with Crippen molar-refractivity contribution in [3.63, 3.8) is 0 Å². The van der Waals surface area contributed by atoms with Crippen LogP contribution in [0.1, 0.15) is 23.6 Å². The number of carbonyl (C=O) groups excluding carboxylic acids is 2. The molecule has 5 nitrogen and oxygen atoms in total. The van der Waals surface area contributed by atoms with E-state index < -0.39 is 29.7 Å². The predicted molar refractivity (Wildman–Crippen MR) is 80.7 cm³/mol. The van der Waals surface area contributed by atoms with E-state index in [0.29, 0.717) is 3.57 Å². The first-order valence-corrected chi connectivity index (χ1v) is 7.19. The second-order valence-electron chi connectivity index (χ2n) is 4.38. The van der Waals surface area contributed by atoms with Crippen LogP contribution in [0.2, 0.25) is 0 Å². The van der Waals surface area contributed by atoms with E-state index in [9.17, 15) is 22.8 Å². The van der Waals surface area contributed by atoms with Crippen molar-refractivity contribution in [2.45, 2.75) is 18.6 Å². The number of carbonyl (C=O) groups is 2. The summed E-state index contributed by atoms with van der Waals surface area (Å²) in [6, 6.07) is 2.39. The number of ether oxygens (including phenoxy) is 1. The molecule has 0 unspecified atom stereocenters. The monoisotopic (exact) mass is 430 g/mol. The van der Waals surface area contributed by atoms with Gasteiger partial charge in [-0.05, 0) is 46.4 Å². The fourth-order valence-corrected chi connectivity index (χ4v) is 2.43. The number of hydrogen-bond donors (Lipinski definition) is 2. The van der Waals surface area contributed by atoms with E-state index in [1.807, 2.05) is 0 Å². The Morgan fingerprint density at radius 1 is 1.36 bits per heavy atom. The highest BCUT2D eigenvalue weighted by Gasteiger charge is 2.32. The minimum atomic E-state index is -4.52. The lowest BCUT2D eigenvalue weighted by molar-refractivity contribution is -0.141. The lowest BCUT2D eigenvalue weighted by Gasteiger charge is -2.19. The maximum absolute atomic E-state index is 12.9. The van der Waals surface area contributed by atoms with Gasteiger partial charge in [-0.1, -0.05) is 0 Å². The molecule has 0 saturated carbocycles. The Kier molecular flexibility index (Phi) is 6.60. The first-order valence-electron chi connectivity index (χ1n) is 6.11. The van der Waals surface area contributed by atoms with Gasteiger partial charge in [0.25, 0.3) is 0 Å². The first kappa shape index (κ1) is 18.7. The van der Waals surface area contributed by atoms with E-state index in [0.717, 1.165) is 19.2 Å². The van der Waals surface area contributed by atoms with Gasteiger partial charge in [0, 0.05) is 3.57 Å². The fourth-order valence-electron chi connectivity index (χ4n) is 1.73. The summed E-state index contributed by atoms with van der Waals surface area (Å²) in [5.74, 6) is -1.24. The Morgan fingerprint density at radius 3 is 2.50 bits per heavy atom. The third-order valence-corrected chi connectivity index (χ3v) is 3.39. The van der Waals surface area contributed by atoms with Crippen LogP contribution in [-0.2, 0) is 20.5 Å². The Bertz CT molecular complexity index is 546. The summed E-state index contributed by atoms with van der Waals surface area (Å²) in [5.41, 5.74) is 4.48. The van der Waals surface area contributed by atoms with Crippen molar-refractivity contribution in [2.75, 3.05) is 13.7 Å². The number of nitrogens with two attached hydrogens (primary N) is 1. The zero-order valence-electron chi connectivity index (χ0n) is 11.5. The Morgan fingerprint density at radius 2 is 2.00 bits per heavy atom. The van der Waals surface area contributed by atoms with Crippen LogP contribution in [0.4, 0.5) is 13.2 Å². The maximum atomic E-state index is 12.9. The number of amides is 1. The summed E-state index contributed by atoms with van der Waals surface area (Å²) in [5, 5.41) is 2.42. The van der Waals surface area contributed by atoms with Crippen LogP contribution in [0, 0.1) is 3.57 Å². The maximum Gasteiger partial charge on any atom is 0.416 e. The highest BCUT2D eigenvalue weighted by atomic mass is 127. The standard InChI is InChI=1S/C13H14F3IN2O3/c1-22-12(21)5-10(19-11(20)6-18)7-2-8(13(14,15)16)4-9(17)3-7/h2-4,10H,5-6,18H2,1H3,(H,19,20)/t10-/m0/s1. The van der Waals surface area contributed by atoms with E-state index in [2.05, 4.69) is 10.1 Å². The van der Waals surface area contributed by atoms with Gasteiger partial charge in [-0.25, -0.2) is 0 Å². The van der Waals surface area contributed by atoms with E-state index in [4.69, 9.17) is 5.73 Å². The summed E-state index contributed by atoms with van der Waals surface area (Å²) < 4.78 is 43.4. The molecule has 9 heteroatoms. The third-order valence-electron chi connectivity index (χ3n) is 2.77. The summed E-state index contributed by atoms with van der Waals surface area (Å²) >= 11 is 1.74. The SMILES string of the molecule is COC(=O)C[C@H](NC(=O)CN)c1cc(I)cc(C(F)(F)F)c1. The van der Waals surface area contributed by atoms with Gasteiger partial charge in [0.15, 0.2) is 0 Å². The molecule has 0 aliphatic carbocycles. The number of nitrogens with one attached hydrogen (secondary N) is 1. The number of methoxy groups -OCH3 is 1. The molecule has 1 aromatic carbocycles. The molecular formula is C13H14F3IN2O3. The lowest BCUT2D eigenvalue weighted by atomic mass is 10.0. The number of rotatable bonds is 5.